The molecule has 0 aromatic heterocycles. The SMILES string of the molecule is O=C1NC(=S)N(c2ccc(Cl)cc2)C(=O)C1=Cc1ccc(OCc2ccc(Br)cc2)cc1. The Balaban J connectivity index is 1.50. The second-order valence-corrected chi connectivity index (χ2v) is 8.66. The Morgan fingerprint density at radius 1 is 0.969 bits per heavy atom. The van der Waals surface area contributed by atoms with Gasteiger partial charge in [-0.1, -0.05) is 51.8 Å². The van der Waals surface area contributed by atoms with Crippen molar-refractivity contribution in [1.82, 2.24) is 5.32 Å². The fourth-order valence-corrected chi connectivity index (χ4v) is 3.73. The Kier molecular flexibility index (Phi) is 6.69. The third-order valence-electron chi connectivity index (χ3n) is 4.70. The second kappa shape index (κ2) is 9.65. The molecule has 0 saturated carbocycles. The highest BCUT2D eigenvalue weighted by Crippen LogP contribution is 2.24. The van der Waals surface area contributed by atoms with Crippen LogP contribution >= 0.6 is 39.7 Å². The van der Waals surface area contributed by atoms with Crippen LogP contribution in [0.4, 0.5) is 5.69 Å². The van der Waals surface area contributed by atoms with Crippen molar-refractivity contribution < 1.29 is 14.3 Å². The monoisotopic (exact) mass is 526 g/mol. The number of thiocarbonyl (C=S) groups is 1. The van der Waals surface area contributed by atoms with Gasteiger partial charge >= 0.3 is 0 Å². The van der Waals surface area contributed by atoms with Crippen LogP contribution in [0.15, 0.2) is 82.8 Å². The van der Waals surface area contributed by atoms with Gasteiger partial charge in [0, 0.05) is 9.50 Å². The molecule has 1 heterocycles. The summed E-state index contributed by atoms with van der Waals surface area (Å²) in [5, 5.41) is 3.12. The number of nitrogens with zero attached hydrogens (tertiary/aromatic N) is 1. The van der Waals surface area contributed by atoms with E-state index in [0.29, 0.717) is 28.6 Å². The van der Waals surface area contributed by atoms with Crippen LogP contribution in [0, 0.1) is 0 Å². The minimum Gasteiger partial charge on any atom is -0.489 e. The average Bonchev–Trinajstić information content (AvgIpc) is 2.78. The van der Waals surface area contributed by atoms with Crippen LogP contribution in [0.3, 0.4) is 0 Å². The zero-order valence-corrected chi connectivity index (χ0v) is 19.7. The van der Waals surface area contributed by atoms with E-state index < -0.39 is 11.8 Å². The van der Waals surface area contributed by atoms with Crippen LogP contribution in [0.25, 0.3) is 6.08 Å². The van der Waals surface area contributed by atoms with E-state index >= 15 is 0 Å². The first kappa shape index (κ1) is 22.2. The molecule has 1 aliphatic heterocycles. The minimum atomic E-state index is -0.541. The normalized spacial score (nSPS) is 15.1. The van der Waals surface area contributed by atoms with Crippen molar-refractivity contribution in [1.29, 1.82) is 0 Å². The maximum atomic E-state index is 13.0. The molecule has 2 amide bonds. The lowest BCUT2D eigenvalue weighted by molar-refractivity contribution is -0.122. The fourth-order valence-electron chi connectivity index (χ4n) is 3.06. The van der Waals surface area contributed by atoms with Gasteiger partial charge in [0.2, 0.25) is 0 Å². The Labute approximate surface area is 203 Å². The maximum Gasteiger partial charge on any atom is 0.270 e. The van der Waals surface area contributed by atoms with Crippen LogP contribution in [0.1, 0.15) is 11.1 Å². The summed E-state index contributed by atoms with van der Waals surface area (Å²) in [6.07, 6.45) is 1.53. The molecule has 1 fully saturated rings. The molecule has 8 heteroatoms. The second-order valence-electron chi connectivity index (χ2n) is 6.92. The summed E-state index contributed by atoms with van der Waals surface area (Å²) < 4.78 is 6.81. The fraction of sp³-hybridized carbons (Fsp3) is 0.0417. The number of carbonyl (C=O) groups excluding carboxylic acids is 2. The lowest BCUT2D eigenvalue weighted by atomic mass is 10.1. The van der Waals surface area contributed by atoms with E-state index in [2.05, 4.69) is 21.2 Å². The number of carbonyl (C=O) groups is 2. The standard InChI is InChI=1S/C24H16BrClN2O3S/c25-17-5-1-16(2-6-17)14-31-20-11-3-15(4-12-20)13-21-22(29)27-24(32)28(23(21)30)19-9-7-18(26)8-10-19/h1-13H,14H2,(H,27,29,32). The number of anilines is 1. The molecule has 0 bridgehead atoms. The Morgan fingerprint density at radius 2 is 1.62 bits per heavy atom. The molecule has 0 unspecified atom stereocenters. The summed E-state index contributed by atoms with van der Waals surface area (Å²) >= 11 is 14.5. The van der Waals surface area contributed by atoms with Crippen molar-refractivity contribution in [2.45, 2.75) is 6.61 Å². The zero-order valence-electron chi connectivity index (χ0n) is 16.5. The van der Waals surface area contributed by atoms with Crippen LogP contribution in [-0.4, -0.2) is 16.9 Å². The molecule has 3 aromatic rings. The topological polar surface area (TPSA) is 58.6 Å². The molecule has 0 spiro atoms. The molecule has 160 valence electrons. The van der Waals surface area contributed by atoms with Gasteiger partial charge in [0.05, 0.1) is 5.69 Å². The summed E-state index contributed by atoms with van der Waals surface area (Å²) in [7, 11) is 0. The molecule has 3 aromatic carbocycles. The van der Waals surface area contributed by atoms with E-state index in [1.54, 1.807) is 48.5 Å². The van der Waals surface area contributed by atoms with Crippen LogP contribution in [0.5, 0.6) is 5.75 Å². The molecule has 1 saturated heterocycles. The highest BCUT2D eigenvalue weighted by Gasteiger charge is 2.34. The van der Waals surface area contributed by atoms with Crippen molar-refractivity contribution in [3.05, 3.63) is 99.0 Å². The lowest BCUT2D eigenvalue weighted by Gasteiger charge is -2.28. The van der Waals surface area contributed by atoms with Crippen LogP contribution in [-0.2, 0) is 16.2 Å². The van der Waals surface area contributed by atoms with Gasteiger partial charge in [-0.2, -0.15) is 0 Å². The van der Waals surface area contributed by atoms with Crippen molar-refractivity contribution in [2.24, 2.45) is 0 Å². The number of rotatable bonds is 5. The summed E-state index contributed by atoms with van der Waals surface area (Å²) in [5.74, 6) is -0.365. The van der Waals surface area contributed by atoms with Gasteiger partial charge in [0.1, 0.15) is 17.9 Å². The predicted molar refractivity (Wildman–Crippen MR) is 133 cm³/mol. The van der Waals surface area contributed by atoms with Crippen LogP contribution in [0.2, 0.25) is 5.02 Å². The van der Waals surface area contributed by atoms with Crippen molar-refractivity contribution in [2.75, 3.05) is 4.90 Å². The Morgan fingerprint density at radius 3 is 2.28 bits per heavy atom. The number of nitrogens with one attached hydrogen (secondary N) is 1. The molecule has 0 atom stereocenters. The number of amides is 2. The van der Waals surface area contributed by atoms with Gasteiger partial charge in [-0.05, 0) is 78.0 Å². The molecule has 0 radical (unpaired) electrons. The Bertz CT molecular complexity index is 1210. The predicted octanol–water partition coefficient (Wildman–Crippen LogP) is 5.51. The van der Waals surface area contributed by atoms with E-state index in [4.69, 9.17) is 28.6 Å². The minimum absolute atomic E-state index is 0.0166. The van der Waals surface area contributed by atoms with Gasteiger partial charge in [-0.3, -0.25) is 19.8 Å². The number of ether oxygens (including phenoxy) is 1. The molecule has 32 heavy (non-hydrogen) atoms. The van der Waals surface area contributed by atoms with Crippen molar-refractivity contribution >= 4 is 68.4 Å². The number of hydrogen-bond acceptors (Lipinski definition) is 4. The number of benzene rings is 3. The van der Waals surface area contributed by atoms with Gasteiger partial charge in [-0.15, -0.1) is 0 Å². The molecule has 1 aliphatic rings. The zero-order chi connectivity index (χ0) is 22.7. The smallest absolute Gasteiger partial charge is 0.270 e. The van der Waals surface area contributed by atoms with Crippen molar-refractivity contribution in [3.8, 4) is 5.75 Å². The first-order valence-electron chi connectivity index (χ1n) is 9.55. The van der Waals surface area contributed by atoms with Gasteiger partial charge in [0.25, 0.3) is 11.8 Å². The average molecular weight is 528 g/mol. The third-order valence-corrected chi connectivity index (χ3v) is 5.76. The largest absolute Gasteiger partial charge is 0.489 e. The van der Waals surface area contributed by atoms with E-state index in [1.807, 2.05) is 24.3 Å². The Hall–Kier alpha value is -3.00. The summed E-state index contributed by atoms with van der Waals surface area (Å²) in [5.41, 5.74) is 2.23. The molecule has 0 aliphatic carbocycles. The van der Waals surface area contributed by atoms with Gasteiger partial charge < -0.3 is 4.74 Å². The lowest BCUT2D eigenvalue weighted by Crippen LogP contribution is -2.54. The molecular weight excluding hydrogens is 512 g/mol. The number of hydrogen-bond donors (Lipinski definition) is 1. The van der Waals surface area contributed by atoms with E-state index in [1.165, 1.54) is 11.0 Å². The van der Waals surface area contributed by atoms with E-state index in [9.17, 15) is 9.59 Å². The summed E-state index contributed by atoms with van der Waals surface area (Å²) in [6, 6.07) is 21.7. The molecule has 4 rings (SSSR count). The molecule has 1 N–H and O–H groups in total. The third kappa shape index (κ3) is 5.07. The molecular formula is C24H16BrClN2O3S. The summed E-state index contributed by atoms with van der Waals surface area (Å²) in [6.45, 7) is 0.433. The van der Waals surface area contributed by atoms with Crippen LogP contribution < -0.4 is 15.0 Å². The highest BCUT2D eigenvalue weighted by atomic mass is 79.9. The first-order chi connectivity index (χ1) is 15.4. The quantitative estimate of drug-likeness (QED) is 0.270. The highest BCUT2D eigenvalue weighted by molar-refractivity contribution is 9.10. The molecule has 5 nitrogen and oxygen atoms in total. The van der Waals surface area contributed by atoms with Gasteiger partial charge in [-0.25, -0.2) is 0 Å². The van der Waals surface area contributed by atoms with Crippen molar-refractivity contribution in [3.63, 3.8) is 0 Å². The van der Waals surface area contributed by atoms with Gasteiger partial charge in [0.15, 0.2) is 5.11 Å². The van der Waals surface area contributed by atoms with E-state index in [-0.39, 0.29) is 10.7 Å². The maximum absolute atomic E-state index is 13.0. The van der Waals surface area contributed by atoms with E-state index in [0.717, 1.165) is 10.0 Å². The summed E-state index contributed by atoms with van der Waals surface area (Å²) in [4.78, 5) is 26.7. The number of halogens is 2. The first-order valence-corrected chi connectivity index (χ1v) is 11.1.